The molecule has 0 fully saturated rings. The fraction of sp³-hybridized carbons (Fsp3) is 0.100. The van der Waals surface area contributed by atoms with Gasteiger partial charge in [-0.25, -0.2) is 0 Å². The van der Waals surface area contributed by atoms with Gasteiger partial charge in [0.1, 0.15) is 0 Å². The molecule has 2 rings (SSSR count). The molecule has 0 aliphatic heterocycles. The Bertz CT molecular complexity index is 580. The Hall–Kier alpha value is -2.86. The van der Waals surface area contributed by atoms with Crippen molar-refractivity contribution in [2.24, 2.45) is 5.11 Å². The number of methoxy groups -OCH3 is 1. The molecule has 1 aromatic carbocycles. The molecule has 1 N–H and O–H groups in total. The van der Waals surface area contributed by atoms with Gasteiger partial charge in [0, 0.05) is 10.6 Å². The third-order valence-corrected chi connectivity index (χ3v) is 1.95. The molecule has 0 amide bonds. The van der Waals surface area contributed by atoms with E-state index in [2.05, 4.69) is 30.3 Å². The van der Waals surface area contributed by atoms with Crippen molar-refractivity contribution in [3.63, 3.8) is 0 Å². The summed E-state index contributed by atoms with van der Waals surface area (Å²) >= 11 is 0. The number of azide groups is 1. The molecule has 18 heavy (non-hydrogen) atoms. The van der Waals surface area contributed by atoms with Crippen molar-refractivity contribution in [3.8, 4) is 6.01 Å². The number of hydrogen-bond acceptors (Lipinski definition) is 6. The second-order valence-electron chi connectivity index (χ2n) is 3.13. The third kappa shape index (κ3) is 2.83. The fourth-order valence-electron chi connectivity index (χ4n) is 1.23. The highest BCUT2D eigenvalue weighted by atomic mass is 16.5. The van der Waals surface area contributed by atoms with E-state index in [-0.39, 0.29) is 17.9 Å². The van der Waals surface area contributed by atoms with E-state index >= 15 is 0 Å². The molecule has 0 saturated carbocycles. The zero-order valence-corrected chi connectivity index (χ0v) is 9.48. The van der Waals surface area contributed by atoms with Crippen LogP contribution in [0.1, 0.15) is 0 Å². The molecular weight excluding hydrogens is 234 g/mol. The molecule has 0 unspecified atom stereocenters. The molecule has 0 aliphatic rings. The van der Waals surface area contributed by atoms with Gasteiger partial charge in [0.25, 0.3) is 0 Å². The molecule has 0 saturated heterocycles. The molecule has 2 aromatic rings. The second kappa shape index (κ2) is 5.46. The van der Waals surface area contributed by atoms with Crippen molar-refractivity contribution < 1.29 is 4.74 Å². The lowest BCUT2D eigenvalue weighted by molar-refractivity contribution is 0.379. The van der Waals surface area contributed by atoms with Gasteiger partial charge in [-0.1, -0.05) is 18.2 Å². The molecule has 8 heteroatoms. The lowest BCUT2D eigenvalue weighted by Crippen LogP contribution is -2.01. The van der Waals surface area contributed by atoms with Crippen LogP contribution in [0.15, 0.2) is 35.4 Å². The second-order valence-corrected chi connectivity index (χ2v) is 3.13. The van der Waals surface area contributed by atoms with Crippen LogP contribution in [-0.2, 0) is 0 Å². The number of para-hydroxylation sites is 1. The fourth-order valence-corrected chi connectivity index (χ4v) is 1.23. The molecule has 0 radical (unpaired) electrons. The minimum atomic E-state index is -0.0530. The van der Waals surface area contributed by atoms with Crippen LogP contribution < -0.4 is 10.1 Å². The molecule has 1 heterocycles. The maximum absolute atomic E-state index is 8.36. The maximum atomic E-state index is 8.36. The van der Waals surface area contributed by atoms with E-state index in [0.717, 1.165) is 5.69 Å². The predicted octanol–water partition coefficient (Wildman–Crippen LogP) is 2.57. The summed E-state index contributed by atoms with van der Waals surface area (Å²) in [6, 6.07) is 9.41. The summed E-state index contributed by atoms with van der Waals surface area (Å²) in [5, 5.41) is 6.27. The van der Waals surface area contributed by atoms with Crippen LogP contribution in [0.25, 0.3) is 10.4 Å². The quantitative estimate of drug-likeness (QED) is 0.504. The third-order valence-electron chi connectivity index (χ3n) is 1.95. The number of hydrogen-bond donors (Lipinski definition) is 1. The highest BCUT2D eigenvalue weighted by Crippen LogP contribution is 2.17. The normalized spacial score (nSPS) is 9.39. The number of anilines is 2. The Morgan fingerprint density at radius 1 is 1.22 bits per heavy atom. The van der Waals surface area contributed by atoms with Crippen molar-refractivity contribution in [1.29, 1.82) is 0 Å². The molecule has 0 bridgehead atoms. The van der Waals surface area contributed by atoms with Gasteiger partial charge in [-0.2, -0.15) is 15.0 Å². The molecule has 90 valence electrons. The van der Waals surface area contributed by atoms with Crippen LogP contribution in [0.2, 0.25) is 0 Å². The van der Waals surface area contributed by atoms with Gasteiger partial charge in [-0.15, -0.1) is 0 Å². The maximum Gasteiger partial charge on any atom is 0.321 e. The van der Waals surface area contributed by atoms with Crippen LogP contribution in [-0.4, -0.2) is 22.1 Å². The Balaban J connectivity index is 2.32. The number of nitrogens with one attached hydrogen (secondary N) is 1. The van der Waals surface area contributed by atoms with Crippen molar-refractivity contribution in [2.45, 2.75) is 0 Å². The molecule has 8 nitrogen and oxygen atoms in total. The Morgan fingerprint density at radius 2 is 2.00 bits per heavy atom. The molecular formula is C10H9N7O. The number of aromatic nitrogens is 3. The average molecular weight is 243 g/mol. The summed E-state index contributed by atoms with van der Waals surface area (Å²) < 4.78 is 4.89. The first-order valence-corrected chi connectivity index (χ1v) is 4.99. The van der Waals surface area contributed by atoms with Crippen LogP contribution in [0.4, 0.5) is 17.6 Å². The summed E-state index contributed by atoms with van der Waals surface area (Å²) in [7, 11) is 1.42. The first-order chi connectivity index (χ1) is 8.81. The summed E-state index contributed by atoms with van der Waals surface area (Å²) in [6.45, 7) is 0. The lowest BCUT2D eigenvalue weighted by atomic mass is 10.3. The summed E-state index contributed by atoms with van der Waals surface area (Å²) in [5.41, 5.74) is 9.16. The van der Waals surface area contributed by atoms with E-state index < -0.39 is 0 Å². The van der Waals surface area contributed by atoms with Gasteiger partial charge < -0.3 is 10.1 Å². The predicted molar refractivity (Wildman–Crippen MR) is 64.9 cm³/mol. The van der Waals surface area contributed by atoms with E-state index in [1.807, 2.05) is 30.3 Å². The van der Waals surface area contributed by atoms with Crippen LogP contribution in [0.3, 0.4) is 0 Å². The minimum Gasteiger partial charge on any atom is -0.467 e. The van der Waals surface area contributed by atoms with E-state index in [0.29, 0.717) is 0 Å². The van der Waals surface area contributed by atoms with Gasteiger partial charge in [-0.05, 0) is 22.8 Å². The van der Waals surface area contributed by atoms with Crippen LogP contribution in [0, 0.1) is 0 Å². The number of nitrogens with zero attached hydrogens (tertiary/aromatic N) is 6. The molecule has 0 spiro atoms. The number of benzene rings is 1. The minimum absolute atomic E-state index is 0.0530. The van der Waals surface area contributed by atoms with Crippen molar-refractivity contribution in [2.75, 3.05) is 12.4 Å². The summed E-state index contributed by atoms with van der Waals surface area (Å²) in [4.78, 5) is 14.3. The SMILES string of the molecule is COc1nc(N=[N+]=[N-])nc(Nc2ccccc2)n1. The number of rotatable bonds is 4. The van der Waals surface area contributed by atoms with Gasteiger partial charge >= 0.3 is 6.01 Å². The first kappa shape index (κ1) is 11.6. The molecule has 0 aliphatic carbocycles. The monoisotopic (exact) mass is 243 g/mol. The standard InChI is InChI=1S/C10H9N7O/c1-18-10-14-8(13-9(15-10)16-17-11)12-7-5-3-2-4-6-7/h2-6H,1H3,(H,12,13,14,15). The van der Waals surface area contributed by atoms with E-state index in [1.165, 1.54) is 7.11 Å². The van der Waals surface area contributed by atoms with Crippen LogP contribution in [0.5, 0.6) is 6.01 Å². The zero-order chi connectivity index (χ0) is 12.8. The van der Waals surface area contributed by atoms with Crippen molar-refractivity contribution in [1.82, 2.24) is 15.0 Å². The first-order valence-electron chi connectivity index (χ1n) is 4.99. The zero-order valence-electron chi connectivity index (χ0n) is 9.48. The Kier molecular flexibility index (Phi) is 3.53. The summed E-state index contributed by atoms with van der Waals surface area (Å²) in [5.74, 6) is 0.193. The Morgan fingerprint density at radius 3 is 2.67 bits per heavy atom. The highest BCUT2D eigenvalue weighted by Gasteiger charge is 2.05. The van der Waals surface area contributed by atoms with Crippen LogP contribution >= 0.6 is 0 Å². The van der Waals surface area contributed by atoms with Gasteiger partial charge in [-0.3, -0.25) is 0 Å². The van der Waals surface area contributed by atoms with Gasteiger partial charge in [0.2, 0.25) is 11.9 Å². The summed E-state index contributed by atoms with van der Waals surface area (Å²) in [6.07, 6.45) is 0. The van der Waals surface area contributed by atoms with Crippen molar-refractivity contribution >= 4 is 17.6 Å². The number of ether oxygens (including phenoxy) is 1. The average Bonchev–Trinajstić information content (AvgIpc) is 2.40. The molecule has 1 aromatic heterocycles. The largest absolute Gasteiger partial charge is 0.467 e. The Labute approximate surface area is 102 Å². The topological polar surface area (TPSA) is 109 Å². The van der Waals surface area contributed by atoms with Crippen molar-refractivity contribution in [3.05, 3.63) is 40.8 Å². The van der Waals surface area contributed by atoms with E-state index in [4.69, 9.17) is 10.3 Å². The van der Waals surface area contributed by atoms with E-state index in [1.54, 1.807) is 0 Å². The molecule has 0 atom stereocenters. The van der Waals surface area contributed by atoms with Gasteiger partial charge in [0.05, 0.1) is 7.11 Å². The highest BCUT2D eigenvalue weighted by molar-refractivity contribution is 5.53. The lowest BCUT2D eigenvalue weighted by Gasteiger charge is -2.05. The van der Waals surface area contributed by atoms with E-state index in [9.17, 15) is 0 Å². The smallest absolute Gasteiger partial charge is 0.321 e. The van der Waals surface area contributed by atoms with Gasteiger partial charge in [0.15, 0.2) is 0 Å².